The largest absolute Gasteiger partial charge is 0.324 e. The Morgan fingerprint density at radius 3 is 2.90 bits per heavy atom. The Kier molecular flexibility index (Phi) is 4.03. The van der Waals surface area contributed by atoms with Crippen molar-refractivity contribution in [2.75, 3.05) is 5.32 Å². The molecule has 2 aliphatic rings. The predicted molar refractivity (Wildman–Crippen MR) is 86.3 cm³/mol. The van der Waals surface area contributed by atoms with Gasteiger partial charge in [0.2, 0.25) is 5.91 Å². The van der Waals surface area contributed by atoms with Gasteiger partial charge in [-0.3, -0.25) is 4.79 Å². The molecule has 114 valence electrons. The first-order chi connectivity index (χ1) is 10.1. The average molecular weight is 286 g/mol. The molecule has 2 unspecified atom stereocenters. The molecule has 0 saturated heterocycles. The highest BCUT2D eigenvalue weighted by Crippen LogP contribution is 2.33. The number of anilines is 1. The molecule has 0 aromatic heterocycles. The van der Waals surface area contributed by atoms with Crippen LogP contribution in [0.1, 0.15) is 56.6 Å². The van der Waals surface area contributed by atoms with E-state index < -0.39 is 5.54 Å². The van der Waals surface area contributed by atoms with Crippen molar-refractivity contribution in [2.24, 2.45) is 11.7 Å². The van der Waals surface area contributed by atoms with Crippen molar-refractivity contribution in [3.8, 4) is 0 Å². The molecule has 2 aliphatic carbocycles. The maximum Gasteiger partial charge on any atom is 0.244 e. The molecular weight excluding hydrogens is 260 g/mol. The van der Waals surface area contributed by atoms with Crippen molar-refractivity contribution in [3.05, 3.63) is 29.3 Å². The van der Waals surface area contributed by atoms with Gasteiger partial charge < -0.3 is 11.1 Å². The standard InChI is InChI=1S/C18H26N2O/c1-13-6-5-11-18(19,12-13)17(21)20-16-10-4-8-14-7-2-3-9-15(14)16/h4,8,10,13H,2-3,5-7,9,11-12,19H2,1H3,(H,20,21). The molecule has 2 atom stereocenters. The van der Waals surface area contributed by atoms with Gasteiger partial charge >= 0.3 is 0 Å². The fourth-order valence-electron chi connectivity index (χ4n) is 3.94. The van der Waals surface area contributed by atoms with E-state index in [0.29, 0.717) is 5.92 Å². The van der Waals surface area contributed by atoms with Crippen molar-refractivity contribution < 1.29 is 4.79 Å². The molecule has 1 fully saturated rings. The van der Waals surface area contributed by atoms with Crippen LogP contribution in [0.25, 0.3) is 0 Å². The monoisotopic (exact) mass is 286 g/mol. The maximum atomic E-state index is 12.7. The number of aryl methyl sites for hydroxylation is 1. The normalized spacial score (nSPS) is 28.8. The molecule has 1 aromatic rings. The number of rotatable bonds is 2. The smallest absolute Gasteiger partial charge is 0.244 e. The van der Waals surface area contributed by atoms with Gasteiger partial charge in [0, 0.05) is 5.69 Å². The number of nitrogens with one attached hydrogen (secondary N) is 1. The Hall–Kier alpha value is -1.35. The van der Waals surface area contributed by atoms with Gasteiger partial charge in [-0.1, -0.05) is 31.9 Å². The second-order valence-corrected chi connectivity index (χ2v) is 6.96. The van der Waals surface area contributed by atoms with E-state index in [2.05, 4.69) is 18.3 Å². The molecule has 3 rings (SSSR count). The van der Waals surface area contributed by atoms with Crippen LogP contribution in [0.4, 0.5) is 5.69 Å². The quantitative estimate of drug-likeness (QED) is 0.875. The van der Waals surface area contributed by atoms with Crippen molar-refractivity contribution in [1.82, 2.24) is 0 Å². The lowest BCUT2D eigenvalue weighted by Gasteiger charge is -2.35. The second kappa shape index (κ2) is 5.80. The van der Waals surface area contributed by atoms with Crippen LogP contribution in [0.15, 0.2) is 18.2 Å². The fourth-order valence-corrected chi connectivity index (χ4v) is 3.94. The topological polar surface area (TPSA) is 55.1 Å². The first-order valence-electron chi connectivity index (χ1n) is 8.29. The third-order valence-electron chi connectivity index (χ3n) is 5.13. The summed E-state index contributed by atoms with van der Waals surface area (Å²) in [5.74, 6) is 0.548. The summed E-state index contributed by atoms with van der Waals surface area (Å²) < 4.78 is 0. The molecule has 3 heteroatoms. The van der Waals surface area contributed by atoms with Gasteiger partial charge in [-0.05, 0) is 61.6 Å². The minimum Gasteiger partial charge on any atom is -0.324 e. The summed E-state index contributed by atoms with van der Waals surface area (Å²) in [5.41, 5.74) is 9.42. The Morgan fingerprint density at radius 2 is 2.10 bits per heavy atom. The summed E-state index contributed by atoms with van der Waals surface area (Å²) in [5, 5.41) is 3.14. The van der Waals surface area contributed by atoms with Gasteiger partial charge in [0.05, 0.1) is 5.54 Å². The molecule has 0 radical (unpaired) electrons. The lowest BCUT2D eigenvalue weighted by Crippen LogP contribution is -2.53. The van der Waals surface area contributed by atoms with E-state index in [4.69, 9.17) is 5.73 Å². The summed E-state index contributed by atoms with van der Waals surface area (Å²) in [7, 11) is 0. The average Bonchev–Trinajstić information content (AvgIpc) is 2.47. The van der Waals surface area contributed by atoms with E-state index in [9.17, 15) is 4.79 Å². The number of amides is 1. The summed E-state index contributed by atoms with van der Waals surface area (Å²) in [6.07, 6.45) is 8.51. The Morgan fingerprint density at radius 1 is 1.29 bits per heavy atom. The lowest BCUT2D eigenvalue weighted by atomic mass is 9.76. The van der Waals surface area contributed by atoms with E-state index in [1.807, 2.05) is 12.1 Å². The number of benzene rings is 1. The Balaban J connectivity index is 1.79. The summed E-state index contributed by atoms with van der Waals surface area (Å²) >= 11 is 0. The number of nitrogens with two attached hydrogens (primary N) is 1. The van der Waals surface area contributed by atoms with Crippen molar-refractivity contribution in [3.63, 3.8) is 0 Å². The number of hydrogen-bond donors (Lipinski definition) is 2. The van der Waals surface area contributed by atoms with Crippen molar-refractivity contribution >= 4 is 11.6 Å². The van der Waals surface area contributed by atoms with Gasteiger partial charge in [-0.2, -0.15) is 0 Å². The highest BCUT2D eigenvalue weighted by Gasteiger charge is 2.38. The summed E-state index contributed by atoms with van der Waals surface area (Å²) in [6, 6.07) is 6.26. The molecule has 3 N–H and O–H groups in total. The molecule has 1 saturated carbocycles. The highest BCUT2D eigenvalue weighted by atomic mass is 16.2. The highest BCUT2D eigenvalue weighted by molar-refractivity contribution is 5.98. The molecule has 0 aliphatic heterocycles. The molecule has 0 bridgehead atoms. The van der Waals surface area contributed by atoms with Gasteiger partial charge in [-0.15, -0.1) is 0 Å². The molecule has 3 nitrogen and oxygen atoms in total. The van der Waals surface area contributed by atoms with Crippen LogP contribution >= 0.6 is 0 Å². The first kappa shape index (κ1) is 14.6. The third kappa shape index (κ3) is 2.98. The molecule has 1 amide bonds. The second-order valence-electron chi connectivity index (χ2n) is 6.96. The molecule has 0 heterocycles. The number of hydrogen-bond acceptors (Lipinski definition) is 2. The zero-order valence-electron chi connectivity index (χ0n) is 13.0. The maximum absolute atomic E-state index is 12.7. The Labute approximate surface area is 127 Å². The lowest BCUT2D eigenvalue weighted by molar-refractivity contribution is -0.122. The molecule has 21 heavy (non-hydrogen) atoms. The molecule has 0 spiro atoms. The van der Waals surface area contributed by atoms with Gasteiger partial charge in [0.15, 0.2) is 0 Å². The number of carbonyl (C=O) groups is 1. The zero-order valence-corrected chi connectivity index (χ0v) is 13.0. The predicted octanol–water partition coefficient (Wildman–Crippen LogP) is 3.41. The van der Waals surface area contributed by atoms with E-state index in [1.165, 1.54) is 30.4 Å². The van der Waals surface area contributed by atoms with E-state index >= 15 is 0 Å². The van der Waals surface area contributed by atoms with E-state index in [1.54, 1.807) is 0 Å². The van der Waals surface area contributed by atoms with Gasteiger partial charge in [-0.25, -0.2) is 0 Å². The number of fused-ring (bicyclic) bond motifs is 1. The van der Waals surface area contributed by atoms with Gasteiger partial charge in [0.25, 0.3) is 0 Å². The van der Waals surface area contributed by atoms with E-state index in [-0.39, 0.29) is 5.91 Å². The van der Waals surface area contributed by atoms with Crippen LogP contribution in [0.5, 0.6) is 0 Å². The van der Waals surface area contributed by atoms with Crippen LogP contribution in [0.2, 0.25) is 0 Å². The SMILES string of the molecule is CC1CCCC(N)(C(=O)Nc2cccc3c2CCCC3)C1. The van der Waals surface area contributed by atoms with E-state index in [0.717, 1.165) is 37.8 Å². The zero-order chi connectivity index (χ0) is 14.9. The van der Waals surface area contributed by atoms with Crippen LogP contribution in [-0.2, 0) is 17.6 Å². The van der Waals surface area contributed by atoms with Crippen LogP contribution in [0.3, 0.4) is 0 Å². The summed E-state index contributed by atoms with van der Waals surface area (Å²) in [6.45, 7) is 2.19. The molecule has 1 aromatic carbocycles. The minimum atomic E-state index is -0.685. The van der Waals surface area contributed by atoms with Crippen LogP contribution < -0.4 is 11.1 Å². The molecular formula is C18H26N2O. The van der Waals surface area contributed by atoms with Crippen molar-refractivity contribution in [1.29, 1.82) is 0 Å². The van der Waals surface area contributed by atoms with Gasteiger partial charge in [0.1, 0.15) is 0 Å². The van der Waals surface area contributed by atoms with Crippen LogP contribution in [0, 0.1) is 5.92 Å². The third-order valence-corrected chi connectivity index (χ3v) is 5.13. The fraction of sp³-hybridized carbons (Fsp3) is 0.611. The summed E-state index contributed by atoms with van der Waals surface area (Å²) in [4.78, 5) is 12.7. The van der Waals surface area contributed by atoms with Crippen molar-refractivity contribution in [2.45, 2.75) is 63.8 Å². The Bertz CT molecular complexity index is 540. The first-order valence-corrected chi connectivity index (χ1v) is 8.29. The van der Waals surface area contributed by atoms with Crippen LogP contribution in [-0.4, -0.2) is 11.4 Å². The number of carbonyl (C=O) groups excluding carboxylic acids is 1. The minimum absolute atomic E-state index is 0.00743.